The molecule has 1 aliphatic rings. The van der Waals surface area contributed by atoms with Crippen LogP contribution in [0, 0.1) is 0 Å². The number of aromatic nitrogens is 2. The molecule has 21 heavy (non-hydrogen) atoms. The maximum Gasteiger partial charge on any atom is 0.268 e. The van der Waals surface area contributed by atoms with Crippen LogP contribution in [-0.2, 0) is 6.54 Å². The van der Waals surface area contributed by atoms with E-state index in [9.17, 15) is 4.79 Å². The first-order valence-corrected chi connectivity index (χ1v) is 8.07. The summed E-state index contributed by atoms with van der Waals surface area (Å²) in [6.45, 7) is 1.57. The van der Waals surface area contributed by atoms with Gasteiger partial charge in [-0.3, -0.25) is 9.48 Å². The Bertz CT molecular complexity index is 594. The number of nitrogens with zero attached hydrogens (tertiary/aromatic N) is 3. The van der Waals surface area contributed by atoms with Gasteiger partial charge in [0.1, 0.15) is 10.6 Å². The van der Waals surface area contributed by atoms with Crippen LogP contribution in [0.25, 0.3) is 0 Å². The van der Waals surface area contributed by atoms with Gasteiger partial charge in [-0.2, -0.15) is 5.10 Å². The second-order valence-corrected chi connectivity index (χ2v) is 6.11. The van der Waals surface area contributed by atoms with Crippen molar-refractivity contribution in [1.29, 1.82) is 0 Å². The normalized spacial score (nSPS) is 18.7. The third-order valence-corrected chi connectivity index (χ3v) is 4.77. The summed E-state index contributed by atoms with van der Waals surface area (Å²) in [5.74, 6) is 0.757. The van der Waals surface area contributed by atoms with Crippen LogP contribution in [0.1, 0.15) is 28.9 Å². The molecule has 5 nitrogen and oxygen atoms in total. The number of thiophene rings is 1. The quantitative estimate of drug-likeness (QED) is 0.872. The van der Waals surface area contributed by atoms with Gasteiger partial charge in [0.25, 0.3) is 5.91 Å². The van der Waals surface area contributed by atoms with Gasteiger partial charge in [0, 0.05) is 18.9 Å². The third-order valence-electron chi connectivity index (χ3n) is 3.89. The second-order valence-electron chi connectivity index (χ2n) is 5.19. The van der Waals surface area contributed by atoms with Crippen molar-refractivity contribution >= 4 is 17.2 Å². The van der Waals surface area contributed by atoms with Crippen molar-refractivity contribution in [2.24, 2.45) is 0 Å². The molecular formula is C15H19N3O2S. The molecule has 1 atom stereocenters. The van der Waals surface area contributed by atoms with E-state index in [-0.39, 0.29) is 11.9 Å². The lowest BCUT2D eigenvalue weighted by Crippen LogP contribution is -2.45. The van der Waals surface area contributed by atoms with Crippen LogP contribution in [0.4, 0.5) is 0 Å². The third kappa shape index (κ3) is 2.95. The van der Waals surface area contributed by atoms with Crippen LogP contribution in [0.2, 0.25) is 0 Å². The summed E-state index contributed by atoms with van der Waals surface area (Å²) in [6.07, 6.45) is 6.98. The minimum atomic E-state index is 0.0821. The lowest BCUT2D eigenvalue weighted by molar-refractivity contribution is 0.0586. The average Bonchev–Trinajstić information content (AvgIpc) is 3.18. The van der Waals surface area contributed by atoms with E-state index in [1.165, 1.54) is 11.3 Å². The molecule has 112 valence electrons. The van der Waals surface area contributed by atoms with Crippen LogP contribution in [0.3, 0.4) is 0 Å². The first kappa shape index (κ1) is 14.1. The minimum Gasteiger partial charge on any atom is -0.495 e. The van der Waals surface area contributed by atoms with Gasteiger partial charge >= 0.3 is 0 Å². The molecule has 1 amide bonds. The molecular weight excluding hydrogens is 286 g/mol. The molecule has 1 saturated heterocycles. The van der Waals surface area contributed by atoms with Crippen LogP contribution >= 0.6 is 11.3 Å². The number of hydrogen-bond acceptors (Lipinski definition) is 4. The monoisotopic (exact) mass is 305 g/mol. The van der Waals surface area contributed by atoms with E-state index in [1.54, 1.807) is 13.3 Å². The Morgan fingerprint density at radius 2 is 2.43 bits per heavy atom. The van der Waals surface area contributed by atoms with Gasteiger partial charge in [0.05, 0.1) is 19.7 Å². The number of ether oxygens (including phenoxy) is 1. The highest BCUT2D eigenvalue weighted by Crippen LogP contribution is 2.29. The summed E-state index contributed by atoms with van der Waals surface area (Å²) < 4.78 is 7.19. The SMILES string of the molecule is COc1ccsc1C(=O)N1CCCC[C@H]1Cn1cccn1. The van der Waals surface area contributed by atoms with E-state index in [0.29, 0.717) is 10.6 Å². The first-order chi connectivity index (χ1) is 10.3. The van der Waals surface area contributed by atoms with Crippen LogP contribution in [0.5, 0.6) is 5.75 Å². The summed E-state index contributed by atoms with van der Waals surface area (Å²) in [5.41, 5.74) is 0. The predicted octanol–water partition coefficient (Wildman–Crippen LogP) is 2.65. The van der Waals surface area contributed by atoms with Gasteiger partial charge in [-0.05, 0) is 36.8 Å². The van der Waals surface area contributed by atoms with Gasteiger partial charge in [-0.1, -0.05) is 0 Å². The molecule has 0 radical (unpaired) electrons. The molecule has 0 saturated carbocycles. The van der Waals surface area contributed by atoms with Gasteiger partial charge < -0.3 is 9.64 Å². The molecule has 0 bridgehead atoms. The number of methoxy groups -OCH3 is 1. The van der Waals surface area contributed by atoms with Gasteiger partial charge in [-0.25, -0.2) is 0 Å². The number of rotatable bonds is 4. The highest BCUT2D eigenvalue weighted by atomic mass is 32.1. The van der Waals surface area contributed by atoms with E-state index in [0.717, 1.165) is 32.4 Å². The van der Waals surface area contributed by atoms with Crippen molar-refractivity contribution in [2.75, 3.05) is 13.7 Å². The summed E-state index contributed by atoms with van der Waals surface area (Å²) in [7, 11) is 1.61. The zero-order valence-electron chi connectivity index (χ0n) is 12.1. The number of carbonyl (C=O) groups excluding carboxylic acids is 1. The first-order valence-electron chi connectivity index (χ1n) is 7.19. The Morgan fingerprint density at radius 1 is 1.52 bits per heavy atom. The second kappa shape index (κ2) is 6.30. The molecule has 2 aromatic heterocycles. The lowest BCUT2D eigenvalue weighted by atomic mass is 10.0. The highest BCUT2D eigenvalue weighted by Gasteiger charge is 2.30. The smallest absolute Gasteiger partial charge is 0.268 e. The number of amides is 1. The van der Waals surface area contributed by atoms with Gasteiger partial charge in [0.15, 0.2) is 0 Å². The molecule has 1 fully saturated rings. The highest BCUT2D eigenvalue weighted by molar-refractivity contribution is 7.12. The Labute approximate surface area is 128 Å². The Hall–Kier alpha value is -1.82. The standard InChI is InChI=1S/C15H19N3O2S/c1-20-13-6-10-21-14(13)15(19)18-9-3-2-5-12(18)11-17-8-4-7-16-17/h4,6-8,10,12H,2-3,5,9,11H2,1H3/t12-/m0/s1. The fourth-order valence-corrected chi connectivity index (χ4v) is 3.64. The van der Waals surface area contributed by atoms with Crippen LogP contribution < -0.4 is 4.74 Å². The molecule has 6 heteroatoms. The molecule has 3 heterocycles. The zero-order chi connectivity index (χ0) is 14.7. The summed E-state index contributed by atoms with van der Waals surface area (Å²) >= 11 is 1.45. The van der Waals surface area contributed by atoms with E-state index >= 15 is 0 Å². The fraction of sp³-hybridized carbons (Fsp3) is 0.467. The van der Waals surface area contributed by atoms with Crippen LogP contribution in [0.15, 0.2) is 29.9 Å². The molecule has 0 aromatic carbocycles. The summed E-state index contributed by atoms with van der Waals surface area (Å²) in [6, 6.07) is 3.97. The van der Waals surface area contributed by atoms with E-state index in [4.69, 9.17) is 4.74 Å². The molecule has 0 aliphatic carbocycles. The van der Waals surface area contributed by atoms with Crippen molar-refractivity contribution in [3.05, 3.63) is 34.8 Å². The topological polar surface area (TPSA) is 47.4 Å². The molecule has 3 rings (SSSR count). The Kier molecular flexibility index (Phi) is 4.24. The zero-order valence-corrected chi connectivity index (χ0v) is 12.9. The molecule has 1 aliphatic heterocycles. The maximum absolute atomic E-state index is 12.8. The maximum atomic E-state index is 12.8. The van der Waals surface area contributed by atoms with Gasteiger partial charge in [0.2, 0.25) is 0 Å². The molecule has 0 unspecified atom stereocenters. The van der Waals surface area contributed by atoms with E-state index < -0.39 is 0 Å². The lowest BCUT2D eigenvalue weighted by Gasteiger charge is -2.35. The van der Waals surface area contributed by atoms with E-state index in [2.05, 4.69) is 5.10 Å². The summed E-state index contributed by atoms with van der Waals surface area (Å²) in [5, 5.41) is 6.16. The van der Waals surface area contributed by atoms with Crippen molar-refractivity contribution < 1.29 is 9.53 Å². The van der Waals surface area contributed by atoms with Crippen molar-refractivity contribution in [3.8, 4) is 5.75 Å². The Morgan fingerprint density at radius 3 is 3.19 bits per heavy atom. The summed E-state index contributed by atoms with van der Waals surface area (Å²) in [4.78, 5) is 15.5. The average molecular weight is 305 g/mol. The molecule has 0 spiro atoms. The van der Waals surface area contributed by atoms with Crippen molar-refractivity contribution in [1.82, 2.24) is 14.7 Å². The predicted molar refractivity (Wildman–Crippen MR) is 81.8 cm³/mol. The van der Waals surface area contributed by atoms with Crippen molar-refractivity contribution in [3.63, 3.8) is 0 Å². The largest absolute Gasteiger partial charge is 0.495 e. The van der Waals surface area contributed by atoms with Crippen LogP contribution in [-0.4, -0.2) is 40.3 Å². The number of hydrogen-bond donors (Lipinski definition) is 0. The number of piperidine rings is 1. The number of carbonyl (C=O) groups is 1. The molecule has 2 aromatic rings. The van der Waals surface area contributed by atoms with E-state index in [1.807, 2.05) is 33.3 Å². The minimum absolute atomic E-state index is 0.0821. The van der Waals surface area contributed by atoms with Gasteiger partial charge in [-0.15, -0.1) is 11.3 Å². The Balaban J connectivity index is 1.79. The molecule has 0 N–H and O–H groups in total. The van der Waals surface area contributed by atoms with Crippen molar-refractivity contribution in [2.45, 2.75) is 31.8 Å². The number of likely N-dealkylation sites (tertiary alicyclic amines) is 1. The fourth-order valence-electron chi connectivity index (χ4n) is 2.83.